The SMILES string of the molecule is CO.Cc1cn(C2CC(O)C(CO)O2)c(=O)n(C)c1=O. The van der Waals surface area contributed by atoms with Crippen molar-refractivity contribution in [2.45, 2.75) is 31.8 Å². The Bertz CT molecular complexity index is 564. The quantitative estimate of drug-likeness (QED) is 0.586. The lowest BCUT2D eigenvalue weighted by Crippen LogP contribution is -2.40. The largest absolute Gasteiger partial charge is 0.400 e. The van der Waals surface area contributed by atoms with Crippen LogP contribution in [0.15, 0.2) is 15.8 Å². The Labute approximate surface area is 115 Å². The van der Waals surface area contributed by atoms with Gasteiger partial charge in [-0.25, -0.2) is 4.79 Å². The van der Waals surface area contributed by atoms with Crippen molar-refractivity contribution in [2.75, 3.05) is 13.7 Å². The summed E-state index contributed by atoms with van der Waals surface area (Å²) in [4.78, 5) is 23.5. The maximum atomic E-state index is 11.9. The van der Waals surface area contributed by atoms with Gasteiger partial charge < -0.3 is 20.1 Å². The monoisotopic (exact) mass is 288 g/mol. The molecule has 0 spiro atoms. The summed E-state index contributed by atoms with van der Waals surface area (Å²) in [5.41, 5.74) is -0.433. The first kappa shape index (κ1) is 16.6. The van der Waals surface area contributed by atoms with Crippen LogP contribution < -0.4 is 11.2 Å². The first-order chi connectivity index (χ1) is 9.45. The predicted octanol–water partition coefficient (Wildman–Crippen LogP) is -1.90. The number of ether oxygens (including phenoxy) is 1. The second kappa shape index (κ2) is 6.80. The fourth-order valence-corrected chi connectivity index (χ4v) is 2.10. The summed E-state index contributed by atoms with van der Waals surface area (Å²) in [6.45, 7) is 1.30. The average Bonchev–Trinajstić information content (AvgIpc) is 2.83. The van der Waals surface area contributed by atoms with Crippen LogP contribution >= 0.6 is 0 Å². The van der Waals surface area contributed by atoms with Crippen LogP contribution in [-0.4, -0.2) is 50.4 Å². The van der Waals surface area contributed by atoms with Gasteiger partial charge in [-0.15, -0.1) is 0 Å². The van der Waals surface area contributed by atoms with Gasteiger partial charge in [0.15, 0.2) is 0 Å². The van der Waals surface area contributed by atoms with Crippen LogP contribution in [0.1, 0.15) is 18.2 Å². The van der Waals surface area contributed by atoms with Gasteiger partial charge in [-0.05, 0) is 6.92 Å². The minimum Gasteiger partial charge on any atom is -0.400 e. The Morgan fingerprint density at radius 3 is 2.50 bits per heavy atom. The molecule has 20 heavy (non-hydrogen) atoms. The minimum atomic E-state index is -0.815. The highest BCUT2D eigenvalue weighted by Gasteiger charge is 2.35. The van der Waals surface area contributed by atoms with Crippen LogP contribution in [0.3, 0.4) is 0 Å². The lowest BCUT2D eigenvalue weighted by atomic mass is 10.2. The summed E-state index contributed by atoms with van der Waals surface area (Å²) in [7, 11) is 2.39. The zero-order chi connectivity index (χ0) is 15.4. The predicted molar refractivity (Wildman–Crippen MR) is 70.4 cm³/mol. The van der Waals surface area contributed by atoms with Gasteiger partial charge in [0.1, 0.15) is 12.3 Å². The van der Waals surface area contributed by atoms with E-state index in [0.29, 0.717) is 5.56 Å². The van der Waals surface area contributed by atoms with Crippen LogP contribution in [-0.2, 0) is 11.8 Å². The van der Waals surface area contributed by atoms with Crippen LogP contribution in [0.2, 0.25) is 0 Å². The highest BCUT2D eigenvalue weighted by molar-refractivity contribution is 5.03. The lowest BCUT2D eigenvalue weighted by molar-refractivity contribution is -0.0463. The third kappa shape index (κ3) is 2.98. The fourth-order valence-electron chi connectivity index (χ4n) is 2.10. The van der Waals surface area contributed by atoms with Gasteiger partial charge in [-0.2, -0.15) is 0 Å². The normalized spacial score (nSPS) is 25.2. The molecule has 114 valence electrons. The molecule has 0 aromatic carbocycles. The summed E-state index contributed by atoms with van der Waals surface area (Å²) in [6.07, 6.45) is -0.538. The molecule has 2 heterocycles. The van der Waals surface area contributed by atoms with Crippen molar-refractivity contribution in [3.8, 4) is 0 Å². The minimum absolute atomic E-state index is 0.211. The highest BCUT2D eigenvalue weighted by Crippen LogP contribution is 2.27. The number of nitrogens with zero attached hydrogens (tertiary/aromatic N) is 2. The van der Waals surface area contributed by atoms with E-state index in [1.54, 1.807) is 6.92 Å². The van der Waals surface area contributed by atoms with E-state index >= 15 is 0 Å². The molecule has 1 aromatic rings. The number of hydrogen-bond donors (Lipinski definition) is 3. The van der Waals surface area contributed by atoms with E-state index in [2.05, 4.69) is 0 Å². The van der Waals surface area contributed by atoms with Crippen LogP contribution in [0.25, 0.3) is 0 Å². The summed E-state index contributed by atoms with van der Waals surface area (Å²) >= 11 is 0. The topological polar surface area (TPSA) is 114 Å². The lowest BCUT2D eigenvalue weighted by Gasteiger charge is -2.16. The summed E-state index contributed by atoms with van der Waals surface area (Å²) in [5, 5.41) is 25.6. The van der Waals surface area contributed by atoms with Crippen molar-refractivity contribution in [3.05, 3.63) is 32.6 Å². The molecule has 0 saturated carbocycles. The van der Waals surface area contributed by atoms with Gasteiger partial charge in [0.25, 0.3) is 5.56 Å². The first-order valence-electron chi connectivity index (χ1n) is 6.13. The van der Waals surface area contributed by atoms with Crippen molar-refractivity contribution in [3.63, 3.8) is 0 Å². The molecule has 1 aliphatic heterocycles. The molecule has 8 nitrogen and oxygen atoms in total. The highest BCUT2D eigenvalue weighted by atomic mass is 16.5. The van der Waals surface area contributed by atoms with Crippen molar-refractivity contribution in [1.29, 1.82) is 0 Å². The third-order valence-corrected chi connectivity index (χ3v) is 3.18. The Morgan fingerprint density at radius 2 is 2.00 bits per heavy atom. The van der Waals surface area contributed by atoms with E-state index < -0.39 is 24.1 Å². The second-order valence-electron chi connectivity index (χ2n) is 4.48. The van der Waals surface area contributed by atoms with Crippen LogP contribution in [0.4, 0.5) is 0 Å². The Balaban J connectivity index is 0.000000956. The number of aromatic nitrogens is 2. The molecule has 2 rings (SSSR count). The first-order valence-corrected chi connectivity index (χ1v) is 6.13. The maximum Gasteiger partial charge on any atom is 0.332 e. The van der Waals surface area contributed by atoms with E-state index in [1.807, 2.05) is 0 Å². The average molecular weight is 288 g/mol. The zero-order valence-electron chi connectivity index (χ0n) is 11.7. The van der Waals surface area contributed by atoms with Crippen molar-refractivity contribution >= 4 is 0 Å². The molecule has 3 unspecified atom stereocenters. The van der Waals surface area contributed by atoms with E-state index in [1.165, 1.54) is 17.8 Å². The van der Waals surface area contributed by atoms with Gasteiger partial charge in [0.2, 0.25) is 0 Å². The van der Waals surface area contributed by atoms with Gasteiger partial charge in [0.05, 0.1) is 12.7 Å². The standard InChI is InChI=1S/C11H16N2O5.CH4O/c1-6-4-13(11(17)12(2)10(6)16)9-3-7(15)8(5-14)18-9;1-2/h4,7-9,14-15H,3,5H2,1-2H3;2H,1H3. The Kier molecular flexibility index (Phi) is 5.63. The number of rotatable bonds is 2. The Hall–Kier alpha value is -1.48. The molecule has 1 aliphatic rings. The zero-order valence-corrected chi connectivity index (χ0v) is 11.7. The molecule has 0 amide bonds. The van der Waals surface area contributed by atoms with Crippen molar-refractivity contribution < 1.29 is 20.1 Å². The molecule has 0 aliphatic carbocycles. The molecule has 0 bridgehead atoms. The number of aliphatic hydroxyl groups excluding tert-OH is 3. The van der Waals surface area contributed by atoms with Gasteiger partial charge in [-0.1, -0.05) is 0 Å². The van der Waals surface area contributed by atoms with E-state index in [9.17, 15) is 14.7 Å². The number of hydrogen-bond acceptors (Lipinski definition) is 6. The molecular weight excluding hydrogens is 268 g/mol. The molecular formula is C12H20N2O6. The smallest absolute Gasteiger partial charge is 0.332 e. The van der Waals surface area contributed by atoms with Gasteiger partial charge in [-0.3, -0.25) is 13.9 Å². The number of aliphatic hydroxyl groups is 3. The summed E-state index contributed by atoms with van der Waals surface area (Å²) in [5.74, 6) is 0. The molecule has 3 atom stereocenters. The fraction of sp³-hybridized carbons (Fsp3) is 0.667. The van der Waals surface area contributed by atoms with E-state index in [4.69, 9.17) is 14.9 Å². The summed E-state index contributed by atoms with van der Waals surface area (Å²) in [6, 6.07) is 0. The van der Waals surface area contributed by atoms with Crippen molar-refractivity contribution in [1.82, 2.24) is 9.13 Å². The van der Waals surface area contributed by atoms with E-state index in [0.717, 1.165) is 11.7 Å². The molecule has 1 aromatic heterocycles. The van der Waals surface area contributed by atoms with Crippen molar-refractivity contribution in [2.24, 2.45) is 7.05 Å². The van der Waals surface area contributed by atoms with Gasteiger partial charge >= 0.3 is 5.69 Å². The van der Waals surface area contributed by atoms with Crippen LogP contribution in [0, 0.1) is 6.92 Å². The van der Waals surface area contributed by atoms with Gasteiger partial charge in [0, 0.05) is 32.3 Å². The molecule has 8 heteroatoms. The van der Waals surface area contributed by atoms with E-state index in [-0.39, 0.29) is 18.6 Å². The number of aryl methyl sites for hydroxylation is 1. The Morgan fingerprint density at radius 1 is 1.40 bits per heavy atom. The van der Waals surface area contributed by atoms with Crippen LogP contribution in [0.5, 0.6) is 0 Å². The maximum absolute atomic E-state index is 11.9. The molecule has 1 saturated heterocycles. The third-order valence-electron chi connectivity index (χ3n) is 3.18. The second-order valence-corrected chi connectivity index (χ2v) is 4.48. The molecule has 0 radical (unpaired) electrons. The molecule has 3 N–H and O–H groups in total. The summed E-state index contributed by atoms with van der Waals surface area (Å²) < 4.78 is 7.66. The molecule has 1 fully saturated rings.